The van der Waals surface area contributed by atoms with Crippen LogP contribution in [-0.4, -0.2) is 62.0 Å². The average molecular weight is 429 g/mol. The van der Waals surface area contributed by atoms with Crippen LogP contribution >= 0.6 is 0 Å². The number of benzene rings is 1. The van der Waals surface area contributed by atoms with Crippen molar-refractivity contribution < 1.29 is 23.8 Å². The molecule has 10 heteroatoms. The van der Waals surface area contributed by atoms with Gasteiger partial charge in [0.2, 0.25) is 0 Å². The number of hydrogen-bond acceptors (Lipinski definition) is 8. The molecule has 3 aliphatic heterocycles. The summed E-state index contributed by atoms with van der Waals surface area (Å²) in [6.45, 7) is 4.11. The third kappa shape index (κ3) is 4.30. The molecular weight excluding hydrogens is 405 g/mol. The summed E-state index contributed by atoms with van der Waals surface area (Å²) in [6, 6.07) is 3.70. The average Bonchev–Trinajstić information content (AvgIpc) is 3.11. The van der Waals surface area contributed by atoms with Gasteiger partial charge in [-0.25, -0.2) is 9.38 Å². The smallest absolute Gasteiger partial charge is 0.261 e. The first-order chi connectivity index (χ1) is 14.9. The van der Waals surface area contributed by atoms with Crippen molar-refractivity contribution >= 4 is 29.7 Å². The summed E-state index contributed by atoms with van der Waals surface area (Å²) in [5, 5.41) is 22.8. The molecule has 0 unspecified atom stereocenters. The Balaban J connectivity index is 1.67. The lowest BCUT2D eigenvalue weighted by Crippen LogP contribution is -2.37. The number of fused-ring (bicyclic) bond motifs is 1. The van der Waals surface area contributed by atoms with E-state index in [2.05, 4.69) is 20.5 Å². The number of aliphatic hydroxyl groups excluding tert-OH is 1. The Labute approximate surface area is 178 Å². The van der Waals surface area contributed by atoms with Gasteiger partial charge in [0.15, 0.2) is 5.83 Å². The summed E-state index contributed by atoms with van der Waals surface area (Å²) < 4.78 is 24.6. The van der Waals surface area contributed by atoms with Gasteiger partial charge in [0.1, 0.15) is 17.2 Å². The second-order valence-corrected chi connectivity index (χ2v) is 7.76. The molecular formula is C21H24FN5O4. The van der Waals surface area contributed by atoms with Gasteiger partial charge in [-0.3, -0.25) is 4.79 Å². The monoisotopic (exact) mass is 429 g/mol. The zero-order valence-electron chi connectivity index (χ0n) is 17.1. The van der Waals surface area contributed by atoms with Gasteiger partial charge in [-0.05, 0) is 13.0 Å². The number of hydrogen-bond donors (Lipinski definition) is 4. The van der Waals surface area contributed by atoms with Crippen LogP contribution in [0.2, 0.25) is 0 Å². The lowest BCUT2D eigenvalue weighted by atomic mass is 9.99. The topological polar surface area (TPSA) is 119 Å². The minimum atomic E-state index is -0.716. The Kier molecular flexibility index (Phi) is 5.75. The maximum absolute atomic E-state index is 13.2. The summed E-state index contributed by atoms with van der Waals surface area (Å²) in [4.78, 5) is 18.9. The molecule has 1 aromatic rings. The van der Waals surface area contributed by atoms with Crippen LogP contribution in [0.15, 0.2) is 40.5 Å². The fraction of sp³-hybridized carbons (Fsp3) is 0.381. The number of carbonyl (C=O) groups excluding carboxylic acids is 1. The number of aliphatic imine (C=N–C) groups is 1. The zero-order valence-corrected chi connectivity index (χ0v) is 17.1. The number of rotatable bonds is 5. The number of amides is 1. The number of halogens is 1. The van der Waals surface area contributed by atoms with Gasteiger partial charge in [-0.15, -0.1) is 0 Å². The lowest BCUT2D eigenvalue weighted by Gasteiger charge is -2.31. The molecule has 31 heavy (non-hydrogen) atoms. The SMILES string of the molecule is C[C@]1(CO)Cc2cc(NC(=O)/C(C=N)=C3\N=CC(F)=CN3)c(N3CCOCC3)cc2O1. The van der Waals surface area contributed by atoms with E-state index in [-0.39, 0.29) is 18.0 Å². The van der Waals surface area contributed by atoms with Crippen LogP contribution in [-0.2, 0) is 16.0 Å². The van der Waals surface area contributed by atoms with Gasteiger partial charge in [0.25, 0.3) is 5.91 Å². The van der Waals surface area contributed by atoms with E-state index in [4.69, 9.17) is 14.9 Å². The first-order valence-corrected chi connectivity index (χ1v) is 9.94. The van der Waals surface area contributed by atoms with Crippen molar-refractivity contribution in [1.82, 2.24) is 5.32 Å². The second-order valence-electron chi connectivity index (χ2n) is 7.76. The van der Waals surface area contributed by atoms with Crippen molar-refractivity contribution in [3.05, 3.63) is 41.1 Å². The van der Waals surface area contributed by atoms with Crippen LogP contribution < -0.4 is 20.3 Å². The number of nitrogens with one attached hydrogen (secondary N) is 3. The zero-order chi connectivity index (χ0) is 22.0. The molecule has 3 aliphatic rings. The highest BCUT2D eigenvalue weighted by molar-refractivity contribution is 6.18. The number of nitrogens with zero attached hydrogens (tertiary/aromatic N) is 2. The maximum Gasteiger partial charge on any atom is 0.261 e. The standard InChI is InChI=1S/C21H24FN5O4/c1-21(12-28)8-13-6-16(17(7-18(13)31-21)27-2-4-30-5-3-27)26-20(29)15(9-23)19-24-10-14(22)11-25-19/h6-7,9-11,23-24,28H,2-5,8,12H2,1H3,(H,26,29)/b19-15-,23-9?/t21-/m1/s1. The van der Waals surface area contributed by atoms with E-state index in [0.29, 0.717) is 44.2 Å². The fourth-order valence-electron chi connectivity index (χ4n) is 3.72. The van der Waals surface area contributed by atoms with Gasteiger partial charge >= 0.3 is 0 Å². The van der Waals surface area contributed by atoms with Crippen molar-refractivity contribution in [3.8, 4) is 5.75 Å². The summed E-state index contributed by atoms with van der Waals surface area (Å²) in [5.41, 5.74) is 1.43. The molecule has 1 amide bonds. The van der Waals surface area contributed by atoms with E-state index in [1.807, 2.05) is 19.1 Å². The predicted octanol–water partition coefficient (Wildman–Crippen LogP) is 1.49. The molecule has 0 spiro atoms. The number of ether oxygens (including phenoxy) is 2. The molecule has 1 atom stereocenters. The molecule has 1 aromatic carbocycles. The largest absolute Gasteiger partial charge is 0.484 e. The van der Waals surface area contributed by atoms with Gasteiger partial charge in [-0.2, -0.15) is 0 Å². The molecule has 0 aromatic heterocycles. The van der Waals surface area contributed by atoms with Crippen molar-refractivity contribution in [3.63, 3.8) is 0 Å². The molecule has 4 rings (SSSR count). The van der Waals surface area contributed by atoms with Gasteiger partial charge in [0.05, 0.1) is 43.0 Å². The Hall–Kier alpha value is -3.24. The van der Waals surface area contributed by atoms with Gasteiger partial charge < -0.3 is 35.5 Å². The van der Waals surface area contributed by atoms with Crippen LogP contribution in [0.3, 0.4) is 0 Å². The third-order valence-corrected chi connectivity index (χ3v) is 5.34. The summed E-state index contributed by atoms with van der Waals surface area (Å²) in [6.07, 6.45) is 3.42. The maximum atomic E-state index is 13.2. The number of aliphatic hydroxyl groups is 1. The van der Waals surface area contributed by atoms with Gasteiger partial charge in [0, 0.05) is 43.6 Å². The highest BCUT2D eigenvalue weighted by Crippen LogP contribution is 2.42. The minimum Gasteiger partial charge on any atom is -0.484 e. The van der Waals surface area contributed by atoms with Crippen LogP contribution in [0, 0.1) is 5.41 Å². The first-order valence-electron chi connectivity index (χ1n) is 9.94. The minimum absolute atomic E-state index is 0.0372. The lowest BCUT2D eigenvalue weighted by molar-refractivity contribution is -0.112. The first kappa shape index (κ1) is 21.0. The summed E-state index contributed by atoms with van der Waals surface area (Å²) in [7, 11) is 0. The van der Waals surface area contributed by atoms with E-state index in [0.717, 1.165) is 29.9 Å². The quantitative estimate of drug-likeness (QED) is 0.416. The number of anilines is 2. The molecule has 3 heterocycles. The molecule has 1 fully saturated rings. The normalized spacial score (nSPS) is 24.0. The van der Waals surface area contributed by atoms with E-state index < -0.39 is 17.3 Å². The highest BCUT2D eigenvalue weighted by atomic mass is 19.1. The van der Waals surface area contributed by atoms with Crippen molar-refractivity contribution in [1.29, 1.82) is 5.41 Å². The third-order valence-electron chi connectivity index (χ3n) is 5.34. The molecule has 4 N–H and O–H groups in total. The molecule has 0 aliphatic carbocycles. The number of allylic oxidation sites excluding steroid dienone is 1. The number of carbonyl (C=O) groups is 1. The van der Waals surface area contributed by atoms with E-state index in [9.17, 15) is 14.3 Å². The molecule has 0 bridgehead atoms. The summed E-state index contributed by atoms with van der Waals surface area (Å²) >= 11 is 0. The van der Waals surface area contributed by atoms with Crippen molar-refractivity contribution in [2.24, 2.45) is 4.99 Å². The highest BCUT2D eigenvalue weighted by Gasteiger charge is 2.35. The Bertz CT molecular complexity index is 1000. The van der Waals surface area contributed by atoms with Crippen LogP contribution in [0.1, 0.15) is 12.5 Å². The van der Waals surface area contributed by atoms with Crippen molar-refractivity contribution in [2.45, 2.75) is 18.9 Å². The van der Waals surface area contributed by atoms with Crippen LogP contribution in [0.4, 0.5) is 15.8 Å². The van der Waals surface area contributed by atoms with E-state index in [1.54, 1.807) is 0 Å². The predicted molar refractivity (Wildman–Crippen MR) is 115 cm³/mol. The molecule has 9 nitrogen and oxygen atoms in total. The summed E-state index contributed by atoms with van der Waals surface area (Å²) in [5.74, 6) is -0.377. The second kappa shape index (κ2) is 8.48. The Morgan fingerprint density at radius 2 is 2.23 bits per heavy atom. The molecule has 0 saturated carbocycles. The van der Waals surface area contributed by atoms with Crippen LogP contribution in [0.25, 0.3) is 0 Å². The molecule has 1 saturated heterocycles. The van der Waals surface area contributed by atoms with Crippen LogP contribution in [0.5, 0.6) is 5.75 Å². The molecule has 164 valence electrons. The van der Waals surface area contributed by atoms with Crippen molar-refractivity contribution in [2.75, 3.05) is 43.1 Å². The number of morpholine rings is 1. The Morgan fingerprint density at radius 1 is 1.45 bits per heavy atom. The Morgan fingerprint density at radius 3 is 2.87 bits per heavy atom. The molecule has 0 radical (unpaired) electrons. The van der Waals surface area contributed by atoms with E-state index >= 15 is 0 Å². The van der Waals surface area contributed by atoms with E-state index in [1.165, 1.54) is 0 Å². The van der Waals surface area contributed by atoms with Gasteiger partial charge in [-0.1, -0.05) is 0 Å². The fourth-order valence-corrected chi connectivity index (χ4v) is 3.72.